The monoisotopic (exact) mass is 197 g/mol. The van der Waals surface area contributed by atoms with Crippen LogP contribution >= 0.6 is 0 Å². The summed E-state index contributed by atoms with van der Waals surface area (Å²) in [5.41, 5.74) is 0.106. The molecule has 0 aliphatic heterocycles. The van der Waals surface area contributed by atoms with Crippen LogP contribution in [0, 0.1) is 0 Å². The Morgan fingerprint density at radius 1 is 1.50 bits per heavy atom. The van der Waals surface area contributed by atoms with Crippen LogP contribution in [0.4, 0.5) is 0 Å². The highest BCUT2D eigenvalue weighted by molar-refractivity contribution is 5.82. The van der Waals surface area contributed by atoms with Gasteiger partial charge in [-0.25, -0.2) is 0 Å². The van der Waals surface area contributed by atoms with Crippen molar-refractivity contribution in [2.45, 2.75) is 32.9 Å². The zero-order valence-corrected chi connectivity index (χ0v) is 8.66. The molecule has 0 unspecified atom stereocenters. The molecule has 2 N–H and O–H groups in total. The van der Waals surface area contributed by atoms with Crippen molar-refractivity contribution >= 4 is 5.97 Å². The molecule has 14 heavy (non-hydrogen) atoms. The molecule has 1 aromatic rings. The van der Waals surface area contributed by atoms with E-state index in [0.717, 1.165) is 0 Å². The van der Waals surface area contributed by atoms with Crippen molar-refractivity contribution in [2.75, 3.05) is 0 Å². The minimum Gasteiger partial charge on any atom is -0.542 e. The molecule has 0 radical (unpaired) electrons. The Bertz CT molecular complexity index is 322. The lowest BCUT2D eigenvalue weighted by Gasteiger charge is -2.15. The van der Waals surface area contributed by atoms with E-state index in [-0.39, 0.29) is 11.3 Å². The molecule has 0 bridgehead atoms. The van der Waals surface area contributed by atoms with Crippen molar-refractivity contribution < 1.29 is 19.6 Å². The predicted molar refractivity (Wildman–Crippen MR) is 48.4 cm³/mol. The van der Waals surface area contributed by atoms with Crippen LogP contribution in [0.5, 0.6) is 0 Å². The number of carboxylic acid groups (broad SMARTS) is 1. The fourth-order valence-corrected chi connectivity index (χ4v) is 1.00. The molecule has 0 aromatic carbocycles. The molecule has 0 saturated heterocycles. The van der Waals surface area contributed by atoms with E-state index in [1.807, 2.05) is 0 Å². The fraction of sp³-hybridized carbons (Fsp3) is 0.500. The summed E-state index contributed by atoms with van der Waals surface area (Å²) >= 11 is 0. The van der Waals surface area contributed by atoms with Gasteiger partial charge in [0.25, 0.3) is 0 Å². The van der Waals surface area contributed by atoms with Crippen molar-refractivity contribution in [1.29, 1.82) is 0 Å². The normalized spacial score (nSPS) is 11.6. The first-order chi connectivity index (χ1) is 6.38. The Labute approximate surface area is 82.9 Å². The molecule has 4 nitrogen and oxygen atoms in total. The largest absolute Gasteiger partial charge is 0.542 e. The first kappa shape index (κ1) is 10.8. The lowest BCUT2D eigenvalue weighted by molar-refractivity contribution is -0.733. The third kappa shape index (κ3) is 3.22. The van der Waals surface area contributed by atoms with Gasteiger partial charge in [0.2, 0.25) is 0 Å². The minimum absolute atomic E-state index is 0.106. The van der Waals surface area contributed by atoms with Gasteiger partial charge in [0.15, 0.2) is 5.76 Å². The Kier molecular flexibility index (Phi) is 2.96. The van der Waals surface area contributed by atoms with Gasteiger partial charge in [-0.3, -0.25) is 0 Å². The molecular formula is C10H15NO3. The standard InChI is InChI=1S/C10H15NO3/c1-10(2,3)11-6-7-4-5-8(14-7)9(12)13/h4-5,11H,6H2,1-3H3,(H,12,13). The molecule has 0 aliphatic carbocycles. The molecule has 1 rings (SSSR count). The van der Waals surface area contributed by atoms with Crippen molar-refractivity contribution in [2.24, 2.45) is 0 Å². The molecular weight excluding hydrogens is 182 g/mol. The summed E-state index contributed by atoms with van der Waals surface area (Å²) in [6.45, 7) is 6.87. The van der Waals surface area contributed by atoms with Crippen LogP contribution in [0.2, 0.25) is 0 Å². The van der Waals surface area contributed by atoms with E-state index < -0.39 is 5.97 Å². The topological polar surface area (TPSA) is 69.9 Å². The van der Waals surface area contributed by atoms with Gasteiger partial charge in [-0.15, -0.1) is 0 Å². The predicted octanol–water partition coefficient (Wildman–Crippen LogP) is -0.495. The highest BCUT2D eigenvalue weighted by atomic mass is 16.4. The van der Waals surface area contributed by atoms with Gasteiger partial charge in [-0.1, -0.05) is 0 Å². The van der Waals surface area contributed by atoms with E-state index >= 15 is 0 Å². The van der Waals surface area contributed by atoms with Crippen LogP contribution in [-0.2, 0) is 6.54 Å². The lowest BCUT2D eigenvalue weighted by Crippen LogP contribution is -2.92. The number of furan rings is 1. The van der Waals surface area contributed by atoms with Crippen LogP contribution in [-0.4, -0.2) is 11.5 Å². The van der Waals surface area contributed by atoms with Crippen LogP contribution < -0.4 is 10.4 Å². The number of hydrogen-bond donors (Lipinski definition) is 1. The van der Waals surface area contributed by atoms with Gasteiger partial charge < -0.3 is 19.6 Å². The van der Waals surface area contributed by atoms with Gasteiger partial charge in [0, 0.05) is 0 Å². The number of quaternary nitrogens is 1. The Morgan fingerprint density at radius 3 is 2.57 bits per heavy atom. The molecule has 4 heteroatoms. The summed E-state index contributed by atoms with van der Waals surface area (Å²) in [6.07, 6.45) is 0. The van der Waals surface area contributed by atoms with Crippen molar-refractivity contribution in [1.82, 2.24) is 0 Å². The SMILES string of the molecule is CC(C)(C)[NH2+]Cc1ccc(C(=O)[O-])o1. The number of rotatable bonds is 3. The van der Waals surface area contributed by atoms with Crippen molar-refractivity contribution in [3.63, 3.8) is 0 Å². The molecule has 1 heterocycles. The third-order valence-electron chi connectivity index (χ3n) is 1.78. The number of nitrogens with two attached hydrogens (primary N) is 1. The maximum Gasteiger partial charge on any atom is 0.158 e. The van der Waals surface area contributed by atoms with E-state index in [1.165, 1.54) is 6.07 Å². The van der Waals surface area contributed by atoms with E-state index in [4.69, 9.17) is 4.42 Å². The number of hydrogen-bond acceptors (Lipinski definition) is 3. The summed E-state index contributed by atoms with van der Waals surface area (Å²) in [4.78, 5) is 10.4. The van der Waals surface area contributed by atoms with E-state index in [9.17, 15) is 9.90 Å². The van der Waals surface area contributed by atoms with E-state index in [2.05, 4.69) is 26.1 Å². The second-order valence-electron chi connectivity index (χ2n) is 4.33. The van der Waals surface area contributed by atoms with Gasteiger partial charge in [-0.05, 0) is 32.9 Å². The molecule has 0 fully saturated rings. The molecule has 78 valence electrons. The first-order valence-electron chi connectivity index (χ1n) is 4.53. The van der Waals surface area contributed by atoms with Gasteiger partial charge in [0.1, 0.15) is 18.3 Å². The fourth-order valence-electron chi connectivity index (χ4n) is 1.00. The summed E-state index contributed by atoms with van der Waals surface area (Å²) < 4.78 is 5.05. The van der Waals surface area contributed by atoms with Gasteiger partial charge in [0.05, 0.1) is 5.54 Å². The Morgan fingerprint density at radius 2 is 2.14 bits per heavy atom. The summed E-state index contributed by atoms with van der Waals surface area (Å²) in [5.74, 6) is -0.728. The molecule has 0 atom stereocenters. The van der Waals surface area contributed by atoms with Crippen molar-refractivity contribution in [3.8, 4) is 0 Å². The summed E-state index contributed by atoms with van der Waals surface area (Å²) in [6, 6.07) is 3.08. The van der Waals surface area contributed by atoms with E-state index in [0.29, 0.717) is 12.3 Å². The smallest absolute Gasteiger partial charge is 0.158 e. The molecule has 0 spiro atoms. The Balaban J connectivity index is 2.56. The maximum absolute atomic E-state index is 10.4. The first-order valence-corrected chi connectivity index (χ1v) is 4.53. The van der Waals surface area contributed by atoms with Crippen molar-refractivity contribution in [3.05, 3.63) is 23.7 Å². The molecule has 1 aromatic heterocycles. The van der Waals surface area contributed by atoms with Crippen LogP contribution in [0.1, 0.15) is 37.1 Å². The number of aromatic carboxylic acids is 1. The number of carboxylic acids is 1. The van der Waals surface area contributed by atoms with Crippen LogP contribution in [0.25, 0.3) is 0 Å². The van der Waals surface area contributed by atoms with Crippen LogP contribution in [0.15, 0.2) is 16.5 Å². The summed E-state index contributed by atoms with van der Waals surface area (Å²) in [7, 11) is 0. The average molecular weight is 197 g/mol. The van der Waals surface area contributed by atoms with Gasteiger partial charge in [-0.2, -0.15) is 0 Å². The average Bonchev–Trinajstić information content (AvgIpc) is 2.47. The lowest BCUT2D eigenvalue weighted by atomic mass is 10.1. The molecule has 0 saturated carbocycles. The van der Waals surface area contributed by atoms with Crippen LogP contribution in [0.3, 0.4) is 0 Å². The number of carbonyl (C=O) groups excluding carboxylic acids is 1. The second kappa shape index (κ2) is 3.84. The maximum atomic E-state index is 10.4. The third-order valence-corrected chi connectivity index (χ3v) is 1.78. The number of carbonyl (C=O) groups is 1. The Hall–Kier alpha value is -1.29. The summed E-state index contributed by atoms with van der Waals surface area (Å²) in [5, 5.41) is 12.5. The molecule has 0 amide bonds. The zero-order chi connectivity index (χ0) is 10.8. The quantitative estimate of drug-likeness (QED) is 0.710. The van der Waals surface area contributed by atoms with Gasteiger partial charge >= 0.3 is 0 Å². The zero-order valence-electron chi connectivity index (χ0n) is 8.66. The molecule has 0 aliphatic rings. The second-order valence-corrected chi connectivity index (χ2v) is 4.33. The van der Waals surface area contributed by atoms with E-state index in [1.54, 1.807) is 6.07 Å². The highest BCUT2D eigenvalue weighted by Crippen LogP contribution is 2.05. The minimum atomic E-state index is -1.27. The highest BCUT2D eigenvalue weighted by Gasteiger charge is 2.14.